The number of aromatic nitrogens is 4. The van der Waals surface area contributed by atoms with Crippen molar-refractivity contribution in [1.29, 1.82) is 0 Å². The van der Waals surface area contributed by atoms with E-state index in [1.54, 1.807) is 18.2 Å². The summed E-state index contributed by atoms with van der Waals surface area (Å²) in [5.41, 5.74) is 0.00307. The van der Waals surface area contributed by atoms with Gasteiger partial charge in [0.15, 0.2) is 22.6 Å². The Morgan fingerprint density at radius 2 is 2.00 bits per heavy atom. The lowest BCUT2D eigenvalue weighted by atomic mass is 10.1. The number of amides is 1. The summed E-state index contributed by atoms with van der Waals surface area (Å²) < 4.78 is 66.0. The van der Waals surface area contributed by atoms with Crippen molar-refractivity contribution in [3.63, 3.8) is 0 Å². The second-order valence-corrected chi connectivity index (χ2v) is 8.35. The lowest BCUT2D eigenvalue weighted by Crippen LogP contribution is -2.40. The molecule has 2 aromatic carbocycles. The molecule has 184 valence electrons. The smallest absolute Gasteiger partial charge is 0.276 e. The molecule has 2 atom stereocenters. The van der Waals surface area contributed by atoms with E-state index in [2.05, 4.69) is 20.4 Å². The van der Waals surface area contributed by atoms with Crippen LogP contribution in [0.15, 0.2) is 41.2 Å². The second-order valence-electron chi connectivity index (χ2n) is 7.35. The van der Waals surface area contributed by atoms with E-state index in [0.29, 0.717) is 10.1 Å². The third-order valence-corrected chi connectivity index (χ3v) is 5.87. The van der Waals surface area contributed by atoms with Crippen LogP contribution in [0.3, 0.4) is 0 Å². The van der Waals surface area contributed by atoms with Crippen molar-refractivity contribution in [2.75, 3.05) is 13.7 Å². The summed E-state index contributed by atoms with van der Waals surface area (Å²) in [6.07, 6.45) is -2.82. The number of carbonyl (C=O) groups excluding carboxylic acids is 1. The highest BCUT2D eigenvalue weighted by Gasteiger charge is 2.29. The van der Waals surface area contributed by atoms with E-state index in [-0.39, 0.29) is 40.1 Å². The number of alkyl halides is 2. The van der Waals surface area contributed by atoms with E-state index in [0.717, 1.165) is 6.07 Å². The van der Waals surface area contributed by atoms with Gasteiger partial charge in [-0.05, 0) is 6.07 Å². The molecule has 0 fully saturated rings. The number of likely N-dealkylation sites (N-methyl/N-ethyl adjacent to an activating group) is 1. The summed E-state index contributed by atoms with van der Waals surface area (Å²) in [6.45, 7) is -0.976. The molecule has 0 saturated carbocycles. The molecule has 0 aliphatic rings. The standard InChI is InChI=1S/C21H18F3N5O5S/c1-25-19(30)21(35(32)33)29-20(31)11-5-3-2-4-10(11)13(28-29)8-18-26-14-6-12(22)16(7-15(14)27-18)34-9-17(23)24/h2-7,17,21H,8-9H2,1H3,(H,25,30)(H,26,27)(H,32,33). The van der Waals surface area contributed by atoms with E-state index in [1.165, 1.54) is 19.2 Å². The van der Waals surface area contributed by atoms with Gasteiger partial charge in [0.05, 0.1) is 28.5 Å². The van der Waals surface area contributed by atoms with Gasteiger partial charge in [0, 0.05) is 24.6 Å². The molecule has 3 N–H and O–H groups in total. The first-order chi connectivity index (χ1) is 16.7. The van der Waals surface area contributed by atoms with E-state index in [9.17, 15) is 31.5 Å². The molecule has 0 spiro atoms. The molecule has 2 aromatic heterocycles. The number of benzene rings is 2. The average Bonchev–Trinajstić information content (AvgIpc) is 3.20. The Balaban J connectivity index is 1.80. The molecule has 4 aromatic rings. The molecule has 0 radical (unpaired) electrons. The Hall–Kier alpha value is -3.78. The Morgan fingerprint density at radius 1 is 1.29 bits per heavy atom. The molecule has 35 heavy (non-hydrogen) atoms. The van der Waals surface area contributed by atoms with Crippen LogP contribution < -0.4 is 15.6 Å². The number of nitrogens with zero attached hydrogens (tertiary/aromatic N) is 3. The van der Waals surface area contributed by atoms with Gasteiger partial charge in [0.1, 0.15) is 12.4 Å². The summed E-state index contributed by atoms with van der Waals surface area (Å²) in [6, 6.07) is 8.59. The van der Waals surface area contributed by atoms with Crippen molar-refractivity contribution in [2.45, 2.75) is 18.2 Å². The van der Waals surface area contributed by atoms with Crippen molar-refractivity contribution >= 4 is 38.8 Å². The zero-order valence-electron chi connectivity index (χ0n) is 18.0. The highest BCUT2D eigenvalue weighted by atomic mass is 32.2. The van der Waals surface area contributed by atoms with Gasteiger partial charge in [0.2, 0.25) is 5.37 Å². The maximum Gasteiger partial charge on any atom is 0.276 e. The number of H-pyrrole nitrogens is 1. The minimum Gasteiger partial charge on any atom is -0.484 e. The third-order valence-electron chi connectivity index (χ3n) is 5.07. The predicted octanol–water partition coefficient (Wildman–Crippen LogP) is 2.11. The van der Waals surface area contributed by atoms with Gasteiger partial charge < -0.3 is 19.6 Å². The normalized spacial score (nSPS) is 13.3. The van der Waals surface area contributed by atoms with Crippen molar-refractivity contribution in [3.8, 4) is 5.75 Å². The van der Waals surface area contributed by atoms with E-state index >= 15 is 0 Å². The minimum absolute atomic E-state index is 0.0388. The molecule has 0 saturated heterocycles. The molecule has 0 bridgehead atoms. The molecule has 2 unspecified atom stereocenters. The third kappa shape index (κ3) is 4.88. The van der Waals surface area contributed by atoms with E-state index in [4.69, 9.17) is 4.74 Å². The molecule has 10 nitrogen and oxygen atoms in total. The predicted molar refractivity (Wildman–Crippen MR) is 120 cm³/mol. The van der Waals surface area contributed by atoms with Gasteiger partial charge in [-0.15, -0.1) is 0 Å². The van der Waals surface area contributed by atoms with Crippen LogP contribution >= 0.6 is 0 Å². The molecular formula is C21H18F3N5O5S. The molecule has 14 heteroatoms. The fraction of sp³-hybridized carbons (Fsp3) is 0.238. The van der Waals surface area contributed by atoms with Crippen LogP contribution in [0.25, 0.3) is 21.8 Å². The number of aromatic amines is 1. The van der Waals surface area contributed by atoms with E-state index in [1.807, 2.05) is 0 Å². The molecular weight excluding hydrogens is 491 g/mol. The fourth-order valence-electron chi connectivity index (χ4n) is 3.54. The first-order valence-electron chi connectivity index (χ1n) is 10.1. The molecule has 4 rings (SSSR count). The number of nitrogens with one attached hydrogen (secondary N) is 2. The van der Waals surface area contributed by atoms with Crippen molar-refractivity contribution in [2.24, 2.45) is 0 Å². The van der Waals surface area contributed by atoms with Gasteiger partial charge in [-0.2, -0.15) is 5.10 Å². The topological polar surface area (TPSA) is 139 Å². The van der Waals surface area contributed by atoms with Crippen LogP contribution in [-0.4, -0.2) is 54.5 Å². The zero-order valence-corrected chi connectivity index (χ0v) is 18.8. The Kier molecular flexibility index (Phi) is 6.84. The number of ether oxygens (including phenoxy) is 1. The Morgan fingerprint density at radius 3 is 2.66 bits per heavy atom. The summed E-state index contributed by atoms with van der Waals surface area (Å²) in [5.74, 6) is -1.86. The monoisotopic (exact) mass is 509 g/mol. The fourth-order valence-corrected chi connectivity index (χ4v) is 4.16. The number of rotatable bonds is 8. The van der Waals surface area contributed by atoms with Gasteiger partial charge in [-0.25, -0.2) is 27.0 Å². The van der Waals surface area contributed by atoms with Crippen molar-refractivity contribution < 1.29 is 31.5 Å². The maximum atomic E-state index is 14.2. The second kappa shape index (κ2) is 9.84. The quantitative estimate of drug-likeness (QED) is 0.309. The van der Waals surface area contributed by atoms with Crippen molar-refractivity contribution in [3.05, 3.63) is 64.1 Å². The number of halogens is 3. The van der Waals surface area contributed by atoms with Crippen LogP contribution in [0.1, 0.15) is 16.9 Å². The summed E-state index contributed by atoms with van der Waals surface area (Å²) in [7, 11) is 1.25. The van der Waals surface area contributed by atoms with Crippen LogP contribution in [0.4, 0.5) is 13.2 Å². The highest BCUT2D eigenvalue weighted by Crippen LogP contribution is 2.25. The largest absolute Gasteiger partial charge is 0.484 e. The molecule has 0 aliphatic heterocycles. The molecule has 2 heterocycles. The number of hydrogen-bond donors (Lipinski definition) is 3. The van der Waals surface area contributed by atoms with Gasteiger partial charge >= 0.3 is 0 Å². The van der Waals surface area contributed by atoms with Gasteiger partial charge in [-0.1, -0.05) is 18.2 Å². The average molecular weight is 509 g/mol. The van der Waals surface area contributed by atoms with Gasteiger partial charge in [0.25, 0.3) is 17.9 Å². The summed E-state index contributed by atoms with van der Waals surface area (Å²) in [5, 5.41) is 5.19. The SMILES string of the molecule is CNC(=O)C(n1nc(Cc2nc3cc(OCC(F)F)c(F)cc3[nH]2)c2ccccc2c1=O)S(=O)O. The van der Waals surface area contributed by atoms with Crippen LogP contribution in [0, 0.1) is 5.82 Å². The number of fused-ring (bicyclic) bond motifs is 2. The first-order valence-corrected chi connectivity index (χ1v) is 11.3. The van der Waals surface area contributed by atoms with Crippen molar-refractivity contribution in [1.82, 2.24) is 25.1 Å². The summed E-state index contributed by atoms with van der Waals surface area (Å²) in [4.78, 5) is 32.4. The maximum absolute atomic E-state index is 14.2. The number of hydrogen-bond acceptors (Lipinski definition) is 6. The van der Waals surface area contributed by atoms with Crippen LogP contribution in [-0.2, 0) is 22.3 Å². The first kappa shape index (κ1) is 24.3. The zero-order chi connectivity index (χ0) is 25.3. The summed E-state index contributed by atoms with van der Waals surface area (Å²) >= 11 is -2.76. The molecule has 1 amide bonds. The van der Waals surface area contributed by atoms with Crippen LogP contribution in [0.5, 0.6) is 5.75 Å². The van der Waals surface area contributed by atoms with E-state index < -0.39 is 46.8 Å². The minimum atomic E-state index is -2.78. The lowest BCUT2D eigenvalue weighted by Gasteiger charge is -2.16. The van der Waals surface area contributed by atoms with Crippen LogP contribution in [0.2, 0.25) is 0 Å². The highest BCUT2D eigenvalue weighted by molar-refractivity contribution is 7.80. The Bertz CT molecular complexity index is 1510. The molecule has 0 aliphatic carbocycles. The Labute approximate surface area is 197 Å². The number of carbonyl (C=O) groups is 1. The van der Waals surface area contributed by atoms with Gasteiger partial charge in [-0.3, -0.25) is 9.59 Å². The number of imidazole rings is 1. The lowest BCUT2D eigenvalue weighted by molar-refractivity contribution is -0.121.